The molecule has 5 heteroatoms. The monoisotopic (exact) mass is 310 g/mol. The fraction of sp³-hybridized carbons (Fsp3) is 0.389. The number of amides is 1. The van der Waals surface area contributed by atoms with Crippen molar-refractivity contribution in [2.45, 2.75) is 38.6 Å². The minimum Gasteiger partial charge on any atom is -0.334 e. The summed E-state index contributed by atoms with van der Waals surface area (Å²) in [6.07, 6.45) is 5.99. The molecule has 1 fully saturated rings. The fourth-order valence-corrected chi connectivity index (χ4v) is 3.03. The summed E-state index contributed by atoms with van der Waals surface area (Å²) in [5, 5.41) is 3.13. The van der Waals surface area contributed by atoms with Gasteiger partial charge in [0.1, 0.15) is 5.69 Å². The number of para-hydroxylation sites is 1. The Bertz CT molecular complexity index is 659. The lowest BCUT2D eigenvalue weighted by Crippen LogP contribution is -2.43. The molecule has 0 bridgehead atoms. The Balaban J connectivity index is 1.77. The number of anilines is 2. The van der Waals surface area contributed by atoms with Crippen molar-refractivity contribution in [2.24, 2.45) is 0 Å². The molecule has 0 aliphatic carbocycles. The molecule has 2 heterocycles. The van der Waals surface area contributed by atoms with Crippen LogP contribution >= 0.6 is 0 Å². The van der Waals surface area contributed by atoms with E-state index in [0.717, 1.165) is 31.5 Å². The SMILES string of the molecule is CCC1CCCCN1C(=O)c1ccnc(Nc2ccccc2)n1. The van der Waals surface area contributed by atoms with Crippen LogP contribution in [0.2, 0.25) is 0 Å². The van der Waals surface area contributed by atoms with Crippen LogP contribution in [0.15, 0.2) is 42.6 Å². The molecule has 1 N–H and O–H groups in total. The van der Waals surface area contributed by atoms with Gasteiger partial charge in [-0.25, -0.2) is 9.97 Å². The summed E-state index contributed by atoms with van der Waals surface area (Å²) in [6.45, 7) is 2.96. The minimum absolute atomic E-state index is 0.00932. The Kier molecular flexibility index (Phi) is 4.86. The summed E-state index contributed by atoms with van der Waals surface area (Å²) < 4.78 is 0. The molecule has 2 aromatic rings. The largest absolute Gasteiger partial charge is 0.334 e. The average molecular weight is 310 g/mol. The molecular weight excluding hydrogens is 288 g/mol. The molecule has 1 saturated heterocycles. The van der Waals surface area contributed by atoms with Crippen molar-refractivity contribution in [3.8, 4) is 0 Å². The molecule has 1 aromatic heterocycles. The first-order valence-corrected chi connectivity index (χ1v) is 8.24. The van der Waals surface area contributed by atoms with Crippen molar-refractivity contribution in [2.75, 3.05) is 11.9 Å². The second kappa shape index (κ2) is 7.22. The van der Waals surface area contributed by atoms with Gasteiger partial charge in [0.15, 0.2) is 0 Å². The summed E-state index contributed by atoms with van der Waals surface area (Å²) in [7, 11) is 0. The van der Waals surface area contributed by atoms with E-state index in [0.29, 0.717) is 17.7 Å². The van der Waals surface area contributed by atoms with Gasteiger partial charge in [-0.1, -0.05) is 25.1 Å². The number of piperidine rings is 1. The number of hydrogen-bond donors (Lipinski definition) is 1. The van der Waals surface area contributed by atoms with E-state index >= 15 is 0 Å². The van der Waals surface area contributed by atoms with Crippen molar-refractivity contribution in [3.05, 3.63) is 48.3 Å². The van der Waals surface area contributed by atoms with Crippen LogP contribution in [0.5, 0.6) is 0 Å². The molecule has 0 radical (unpaired) electrons. The summed E-state index contributed by atoms with van der Waals surface area (Å²) in [5.41, 5.74) is 1.36. The van der Waals surface area contributed by atoms with Gasteiger partial charge in [-0.15, -0.1) is 0 Å². The number of hydrogen-bond acceptors (Lipinski definition) is 4. The van der Waals surface area contributed by atoms with E-state index in [1.807, 2.05) is 35.2 Å². The van der Waals surface area contributed by atoms with Crippen LogP contribution in [0.1, 0.15) is 43.1 Å². The van der Waals surface area contributed by atoms with Crippen LogP contribution in [-0.4, -0.2) is 33.4 Å². The summed E-state index contributed by atoms with van der Waals surface area (Å²) in [4.78, 5) is 23.4. The Morgan fingerprint density at radius 1 is 1.26 bits per heavy atom. The second-order valence-electron chi connectivity index (χ2n) is 5.81. The van der Waals surface area contributed by atoms with Crippen molar-refractivity contribution in [1.82, 2.24) is 14.9 Å². The lowest BCUT2D eigenvalue weighted by Gasteiger charge is -2.35. The zero-order valence-corrected chi connectivity index (χ0v) is 13.4. The molecule has 1 aliphatic rings. The fourth-order valence-electron chi connectivity index (χ4n) is 3.03. The van der Waals surface area contributed by atoms with Gasteiger partial charge >= 0.3 is 0 Å². The molecule has 5 nitrogen and oxygen atoms in total. The highest BCUT2D eigenvalue weighted by atomic mass is 16.2. The van der Waals surface area contributed by atoms with E-state index in [1.54, 1.807) is 12.3 Å². The molecule has 23 heavy (non-hydrogen) atoms. The van der Waals surface area contributed by atoms with Crippen LogP contribution in [0.25, 0.3) is 0 Å². The Morgan fingerprint density at radius 2 is 2.09 bits per heavy atom. The van der Waals surface area contributed by atoms with Gasteiger partial charge in [0, 0.05) is 24.5 Å². The molecular formula is C18H22N4O. The molecule has 1 aliphatic heterocycles. The van der Waals surface area contributed by atoms with Crippen LogP contribution < -0.4 is 5.32 Å². The maximum atomic E-state index is 12.8. The zero-order chi connectivity index (χ0) is 16.1. The number of nitrogens with one attached hydrogen (secondary N) is 1. The van der Waals surface area contributed by atoms with Gasteiger partial charge in [-0.2, -0.15) is 0 Å². The predicted octanol–water partition coefficient (Wildman–Crippen LogP) is 3.62. The second-order valence-corrected chi connectivity index (χ2v) is 5.81. The van der Waals surface area contributed by atoms with Crippen LogP contribution in [0.4, 0.5) is 11.6 Å². The molecule has 0 saturated carbocycles. The first-order valence-electron chi connectivity index (χ1n) is 8.24. The molecule has 1 atom stereocenters. The van der Waals surface area contributed by atoms with Gasteiger partial charge in [0.05, 0.1) is 0 Å². The third-order valence-corrected chi connectivity index (χ3v) is 4.26. The predicted molar refractivity (Wildman–Crippen MR) is 90.7 cm³/mol. The summed E-state index contributed by atoms with van der Waals surface area (Å²) in [6, 6.07) is 11.7. The Hall–Kier alpha value is -2.43. The molecule has 120 valence electrons. The number of aromatic nitrogens is 2. The van der Waals surface area contributed by atoms with E-state index in [1.165, 1.54) is 6.42 Å². The highest BCUT2D eigenvalue weighted by Crippen LogP contribution is 2.21. The van der Waals surface area contributed by atoms with Gasteiger partial charge in [0.25, 0.3) is 5.91 Å². The topological polar surface area (TPSA) is 58.1 Å². The minimum atomic E-state index is 0.00932. The Labute approximate surface area is 136 Å². The van der Waals surface area contributed by atoms with Gasteiger partial charge in [-0.3, -0.25) is 4.79 Å². The maximum absolute atomic E-state index is 12.8. The van der Waals surface area contributed by atoms with Crippen LogP contribution in [-0.2, 0) is 0 Å². The first-order chi connectivity index (χ1) is 11.3. The highest BCUT2D eigenvalue weighted by Gasteiger charge is 2.27. The first kappa shape index (κ1) is 15.5. The lowest BCUT2D eigenvalue weighted by atomic mass is 9.99. The molecule has 1 amide bonds. The highest BCUT2D eigenvalue weighted by molar-refractivity contribution is 5.92. The number of carbonyl (C=O) groups excluding carboxylic acids is 1. The maximum Gasteiger partial charge on any atom is 0.272 e. The molecule has 1 aromatic carbocycles. The summed E-state index contributed by atoms with van der Waals surface area (Å²) >= 11 is 0. The van der Waals surface area contributed by atoms with Gasteiger partial charge in [0.2, 0.25) is 5.95 Å². The standard InChI is InChI=1S/C18H22N4O/c1-2-15-10-6-7-13-22(15)17(23)16-11-12-19-18(21-16)20-14-8-4-3-5-9-14/h3-5,8-9,11-12,15H,2,6-7,10,13H2,1H3,(H,19,20,21). The Morgan fingerprint density at radius 3 is 2.87 bits per heavy atom. The van der Waals surface area contributed by atoms with Crippen molar-refractivity contribution >= 4 is 17.5 Å². The molecule has 1 unspecified atom stereocenters. The number of nitrogens with zero attached hydrogens (tertiary/aromatic N) is 3. The molecule has 3 rings (SSSR count). The van der Waals surface area contributed by atoms with E-state index in [2.05, 4.69) is 22.2 Å². The van der Waals surface area contributed by atoms with E-state index in [9.17, 15) is 4.79 Å². The third-order valence-electron chi connectivity index (χ3n) is 4.26. The van der Waals surface area contributed by atoms with Gasteiger partial charge in [-0.05, 0) is 43.9 Å². The third kappa shape index (κ3) is 3.67. The van der Waals surface area contributed by atoms with E-state index in [-0.39, 0.29) is 5.91 Å². The number of benzene rings is 1. The van der Waals surface area contributed by atoms with Crippen molar-refractivity contribution in [1.29, 1.82) is 0 Å². The van der Waals surface area contributed by atoms with Crippen LogP contribution in [0, 0.1) is 0 Å². The quantitative estimate of drug-likeness (QED) is 0.937. The van der Waals surface area contributed by atoms with E-state index < -0.39 is 0 Å². The average Bonchev–Trinajstić information content (AvgIpc) is 2.62. The normalized spacial score (nSPS) is 17.8. The van der Waals surface area contributed by atoms with Gasteiger partial charge < -0.3 is 10.2 Å². The zero-order valence-electron chi connectivity index (χ0n) is 13.4. The smallest absolute Gasteiger partial charge is 0.272 e. The number of likely N-dealkylation sites (tertiary alicyclic amines) is 1. The summed E-state index contributed by atoms with van der Waals surface area (Å²) in [5.74, 6) is 0.460. The molecule has 0 spiro atoms. The lowest BCUT2D eigenvalue weighted by molar-refractivity contribution is 0.0602. The number of rotatable bonds is 4. The van der Waals surface area contributed by atoms with Crippen molar-refractivity contribution < 1.29 is 4.79 Å². The van der Waals surface area contributed by atoms with Crippen molar-refractivity contribution in [3.63, 3.8) is 0 Å². The van der Waals surface area contributed by atoms with E-state index in [4.69, 9.17) is 0 Å². The number of carbonyl (C=O) groups is 1. The van der Waals surface area contributed by atoms with Crippen LogP contribution in [0.3, 0.4) is 0 Å².